The number of rotatable bonds is 4. The Kier molecular flexibility index (Phi) is 4.08. The van der Waals surface area contributed by atoms with Gasteiger partial charge in [-0.05, 0) is 38.1 Å². The molecule has 3 rings (SSSR count). The summed E-state index contributed by atoms with van der Waals surface area (Å²) < 4.78 is 10.8. The molecule has 5 heteroatoms. The third kappa shape index (κ3) is 3.15. The summed E-state index contributed by atoms with van der Waals surface area (Å²) in [4.78, 5) is 23.0. The van der Waals surface area contributed by atoms with Gasteiger partial charge in [-0.25, -0.2) is 4.79 Å². The summed E-state index contributed by atoms with van der Waals surface area (Å²) in [6, 6.07) is 11.4. The molecule has 24 heavy (non-hydrogen) atoms. The summed E-state index contributed by atoms with van der Waals surface area (Å²) in [7, 11) is 0. The van der Waals surface area contributed by atoms with Gasteiger partial charge in [-0.1, -0.05) is 11.6 Å². The Morgan fingerprint density at radius 3 is 2.67 bits per heavy atom. The number of ether oxygens (including phenoxy) is 1. The largest absolute Gasteiger partial charge is 0.507 e. The third-order valence-corrected chi connectivity index (χ3v) is 3.73. The SMILES string of the molecule is CC(=O)c1ccc(OCc2cc(=O)oc3ccc(C)cc23)cc1O. The van der Waals surface area contributed by atoms with E-state index in [0.29, 0.717) is 16.9 Å². The summed E-state index contributed by atoms with van der Waals surface area (Å²) in [6.45, 7) is 3.48. The maximum atomic E-state index is 11.7. The quantitative estimate of drug-likeness (QED) is 0.586. The van der Waals surface area contributed by atoms with Crippen molar-refractivity contribution >= 4 is 16.8 Å². The van der Waals surface area contributed by atoms with Gasteiger partial charge in [0.1, 0.15) is 23.7 Å². The molecule has 1 aromatic heterocycles. The molecule has 3 aromatic rings. The van der Waals surface area contributed by atoms with Crippen molar-refractivity contribution in [1.29, 1.82) is 0 Å². The molecule has 0 aliphatic carbocycles. The molecular formula is C19H16O5. The van der Waals surface area contributed by atoms with E-state index in [-0.39, 0.29) is 23.7 Å². The minimum absolute atomic E-state index is 0.131. The molecule has 0 atom stereocenters. The average Bonchev–Trinajstić information content (AvgIpc) is 2.52. The number of fused-ring (bicyclic) bond motifs is 1. The van der Waals surface area contributed by atoms with Gasteiger partial charge >= 0.3 is 5.63 Å². The zero-order chi connectivity index (χ0) is 17.3. The lowest BCUT2D eigenvalue weighted by molar-refractivity contribution is 0.101. The lowest BCUT2D eigenvalue weighted by Gasteiger charge is -2.10. The smallest absolute Gasteiger partial charge is 0.336 e. The van der Waals surface area contributed by atoms with E-state index in [1.807, 2.05) is 19.1 Å². The number of carbonyl (C=O) groups excluding carboxylic acids is 1. The van der Waals surface area contributed by atoms with Crippen LogP contribution in [-0.4, -0.2) is 10.9 Å². The summed E-state index contributed by atoms with van der Waals surface area (Å²) in [5, 5.41) is 10.7. The standard InChI is InChI=1S/C19H16O5/c1-11-3-6-18-16(7-11)13(8-19(22)24-18)10-23-14-4-5-15(12(2)20)17(21)9-14/h3-9,21H,10H2,1-2H3. The highest BCUT2D eigenvalue weighted by molar-refractivity contribution is 5.96. The molecule has 0 aliphatic heterocycles. The van der Waals surface area contributed by atoms with Crippen LogP contribution in [0.5, 0.6) is 11.5 Å². The first-order valence-corrected chi connectivity index (χ1v) is 7.44. The van der Waals surface area contributed by atoms with Gasteiger partial charge in [-0.15, -0.1) is 0 Å². The minimum atomic E-state index is -0.445. The maximum Gasteiger partial charge on any atom is 0.336 e. The van der Waals surface area contributed by atoms with Gasteiger partial charge in [0.25, 0.3) is 0 Å². The molecule has 0 fully saturated rings. The monoisotopic (exact) mass is 324 g/mol. The molecule has 1 N–H and O–H groups in total. The predicted molar refractivity (Wildman–Crippen MR) is 89.7 cm³/mol. The second-order valence-electron chi connectivity index (χ2n) is 5.61. The molecule has 0 aliphatic rings. The number of benzene rings is 2. The van der Waals surface area contributed by atoms with Crippen molar-refractivity contribution in [2.75, 3.05) is 0 Å². The molecule has 0 unspecified atom stereocenters. The second-order valence-corrected chi connectivity index (χ2v) is 5.61. The van der Waals surface area contributed by atoms with E-state index in [9.17, 15) is 14.7 Å². The van der Waals surface area contributed by atoms with Crippen molar-refractivity contribution in [3.05, 3.63) is 69.6 Å². The molecule has 0 saturated heterocycles. The lowest BCUT2D eigenvalue weighted by atomic mass is 10.1. The maximum absolute atomic E-state index is 11.7. The van der Waals surface area contributed by atoms with E-state index in [2.05, 4.69) is 0 Å². The molecule has 1 heterocycles. The van der Waals surface area contributed by atoms with Gasteiger partial charge in [0.05, 0.1) is 5.56 Å². The van der Waals surface area contributed by atoms with Crippen molar-refractivity contribution in [3.63, 3.8) is 0 Å². The highest BCUT2D eigenvalue weighted by Gasteiger charge is 2.10. The van der Waals surface area contributed by atoms with Crippen molar-refractivity contribution in [1.82, 2.24) is 0 Å². The van der Waals surface area contributed by atoms with E-state index in [4.69, 9.17) is 9.15 Å². The van der Waals surface area contributed by atoms with Gasteiger partial charge in [-0.3, -0.25) is 4.79 Å². The van der Waals surface area contributed by atoms with Crippen LogP contribution in [0.15, 0.2) is 51.7 Å². The number of aryl methyl sites for hydroxylation is 1. The minimum Gasteiger partial charge on any atom is -0.507 e. The molecule has 0 saturated carbocycles. The van der Waals surface area contributed by atoms with Crippen LogP contribution in [0.1, 0.15) is 28.4 Å². The summed E-state index contributed by atoms with van der Waals surface area (Å²) in [6.07, 6.45) is 0. The summed E-state index contributed by atoms with van der Waals surface area (Å²) >= 11 is 0. The van der Waals surface area contributed by atoms with E-state index in [0.717, 1.165) is 10.9 Å². The number of hydrogen-bond donors (Lipinski definition) is 1. The van der Waals surface area contributed by atoms with Gasteiger partial charge in [0.15, 0.2) is 5.78 Å². The van der Waals surface area contributed by atoms with Crippen LogP contribution >= 0.6 is 0 Å². The number of hydrogen-bond acceptors (Lipinski definition) is 5. The fourth-order valence-electron chi connectivity index (χ4n) is 2.52. The Morgan fingerprint density at radius 1 is 1.17 bits per heavy atom. The first-order chi connectivity index (χ1) is 11.4. The fourth-order valence-corrected chi connectivity index (χ4v) is 2.52. The normalized spacial score (nSPS) is 10.8. The van der Waals surface area contributed by atoms with Crippen LogP contribution in [0.4, 0.5) is 0 Å². The Bertz CT molecular complexity index is 985. The van der Waals surface area contributed by atoms with Crippen LogP contribution in [0.3, 0.4) is 0 Å². The zero-order valence-corrected chi connectivity index (χ0v) is 13.3. The van der Waals surface area contributed by atoms with Gasteiger partial charge in [0.2, 0.25) is 0 Å². The molecule has 0 spiro atoms. The topological polar surface area (TPSA) is 76.7 Å². The van der Waals surface area contributed by atoms with Crippen LogP contribution in [-0.2, 0) is 6.61 Å². The molecule has 0 bridgehead atoms. The molecular weight excluding hydrogens is 308 g/mol. The van der Waals surface area contributed by atoms with Crippen molar-refractivity contribution in [2.45, 2.75) is 20.5 Å². The first-order valence-electron chi connectivity index (χ1n) is 7.44. The van der Waals surface area contributed by atoms with E-state index in [1.165, 1.54) is 25.1 Å². The van der Waals surface area contributed by atoms with E-state index in [1.54, 1.807) is 12.1 Å². The van der Waals surface area contributed by atoms with Crippen molar-refractivity contribution in [2.24, 2.45) is 0 Å². The Hall–Kier alpha value is -3.08. The first kappa shape index (κ1) is 15.8. The van der Waals surface area contributed by atoms with Crippen LogP contribution < -0.4 is 10.4 Å². The summed E-state index contributed by atoms with van der Waals surface area (Å²) in [5.74, 6) is 0.0565. The number of phenols is 1. The van der Waals surface area contributed by atoms with Crippen molar-refractivity contribution < 1.29 is 19.1 Å². The molecule has 122 valence electrons. The Balaban J connectivity index is 1.91. The number of carbonyl (C=O) groups is 1. The fraction of sp³-hybridized carbons (Fsp3) is 0.158. The zero-order valence-electron chi connectivity index (χ0n) is 13.3. The Morgan fingerprint density at radius 2 is 1.96 bits per heavy atom. The average molecular weight is 324 g/mol. The molecule has 5 nitrogen and oxygen atoms in total. The molecule has 2 aromatic carbocycles. The van der Waals surface area contributed by atoms with E-state index >= 15 is 0 Å². The van der Waals surface area contributed by atoms with Crippen LogP contribution in [0.2, 0.25) is 0 Å². The van der Waals surface area contributed by atoms with Gasteiger partial charge < -0.3 is 14.3 Å². The third-order valence-electron chi connectivity index (χ3n) is 3.73. The second kappa shape index (κ2) is 6.20. The van der Waals surface area contributed by atoms with Crippen LogP contribution in [0, 0.1) is 6.92 Å². The number of ketones is 1. The lowest BCUT2D eigenvalue weighted by Crippen LogP contribution is -2.04. The van der Waals surface area contributed by atoms with Crippen molar-refractivity contribution in [3.8, 4) is 11.5 Å². The highest BCUT2D eigenvalue weighted by atomic mass is 16.5. The number of phenolic OH excluding ortho intramolecular Hbond substituents is 1. The molecule has 0 amide bonds. The highest BCUT2D eigenvalue weighted by Crippen LogP contribution is 2.26. The van der Waals surface area contributed by atoms with Gasteiger partial charge in [0, 0.05) is 23.1 Å². The molecule has 0 radical (unpaired) electrons. The van der Waals surface area contributed by atoms with E-state index < -0.39 is 5.63 Å². The predicted octanol–water partition coefficient (Wildman–Crippen LogP) is 3.59. The summed E-state index contributed by atoms with van der Waals surface area (Å²) in [5.41, 5.74) is 2.03. The Labute approximate surface area is 138 Å². The van der Waals surface area contributed by atoms with Crippen LogP contribution in [0.25, 0.3) is 11.0 Å². The number of Topliss-reactive ketones (excluding diaryl/α,β-unsaturated/α-hetero) is 1. The van der Waals surface area contributed by atoms with Gasteiger partial charge in [-0.2, -0.15) is 0 Å². The number of aromatic hydroxyl groups is 1.